The topological polar surface area (TPSA) is 104 Å². The molecule has 2 rings (SSSR count). The zero-order chi connectivity index (χ0) is 17.0. The van der Waals surface area contributed by atoms with Gasteiger partial charge in [0.05, 0.1) is 5.25 Å². The normalized spacial score (nSPS) is 14.9. The summed E-state index contributed by atoms with van der Waals surface area (Å²) in [6.45, 7) is 3.50. The van der Waals surface area contributed by atoms with Gasteiger partial charge in [0, 0.05) is 19.5 Å². The van der Waals surface area contributed by atoms with Crippen LogP contribution in [0.2, 0.25) is 0 Å². The van der Waals surface area contributed by atoms with Crippen LogP contribution < -0.4 is 15.5 Å². The number of hydrogen-bond donors (Lipinski definition) is 2. The number of hydrogen-bond acceptors (Lipinski definition) is 7. The SMILES string of the molecule is CCC(=O)N(c1nnc(SC(C)C(=O)NC(=O)NC)s1)C1CC1. The van der Waals surface area contributed by atoms with E-state index in [0.717, 1.165) is 12.8 Å². The Balaban J connectivity index is 1.99. The van der Waals surface area contributed by atoms with Crippen LogP contribution in [0.1, 0.15) is 33.1 Å². The second-order valence-corrected chi connectivity index (χ2v) is 7.57. The molecular formula is C13H19N5O3S2. The molecule has 4 amide bonds. The molecule has 1 atom stereocenters. The molecule has 0 aliphatic heterocycles. The van der Waals surface area contributed by atoms with Crippen LogP contribution in [0, 0.1) is 0 Å². The molecule has 1 aromatic rings. The molecule has 2 N–H and O–H groups in total. The number of aromatic nitrogens is 2. The summed E-state index contributed by atoms with van der Waals surface area (Å²) in [7, 11) is 1.44. The van der Waals surface area contributed by atoms with Crippen LogP contribution in [0.15, 0.2) is 4.34 Å². The van der Waals surface area contributed by atoms with E-state index in [0.29, 0.717) is 15.9 Å². The smallest absolute Gasteiger partial charge is 0.321 e. The van der Waals surface area contributed by atoms with Crippen LogP contribution in [0.5, 0.6) is 0 Å². The molecule has 10 heteroatoms. The van der Waals surface area contributed by atoms with E-state index in [9.17, 15) is 14.4 Å². The maximum absolute atomic E-state index is 12.0. The molecule has 1 unspecified atom stereocenters. The summed E-state index contributed by atoms with van der Waals surface area (Å²) in [5, 5.41) is 12.7. The van der Waals surface area contributed by atoms with Crippen molar-refractivity contribution in [1.29, 1.82) is 0 Å². The van der Waals surface area contributed by atoms with Crippen molar-refractivity contribution < 1.29 is 14.4 Å². The first-order valence-electron chi connectivity index (χ1n) is 7.31. The summed E-state index contributed by atoms with van der Waals surface area (Å²) in [5.74, 6) is -0.375. The standard InChI is InChI=1S/C13H19N5O3S2/c1-4-9(19)18(8-5-6-8)12-16-17-13(23-12)22-7(2)10(20)15-11(21)14-3/h7-8H,4-6H2,1-3H3,(H2,14,15,20,21). The third kappa shape index (κ3) is 4.64. The first kappa shape index (κ1) is 17.7. The maximum atomic E-state index is 12.0. The van der Waals surface area contributed by atoms with E-state index in [-0.39, 0.29) is 11.9 Å². The van der Waals surface area contributed by atoms with Crippen molar-refractivity contribution in [2.24, 2.45) is 0 Å². The van der Waals surface area contributed by atoms with Crippen LogP contribution in [0.4, 0.5) is 9.93 Å². The van der Waals surface area contributed by atoms with E-state index in [1.54, 1.807) is 11.8 Å². The molecule has 23 heavy (non-hydrogen) atoms. The Labute approximate surface area is 142 Å². The van der Waals surface area contributed by atoms with Gasteiger partial charge in [-0.2, -0.15) is 0 Å². The molecule has 1 aliphatic carbocycles. The number of anilines is 1. The molecule has 1 aromatic heterocycles. The van der Waals surface area contributed by atoms with E-state index in [1.807, 2.05) is 6.92 Å². The summed E-state index contributed by atoms with van der Waals surface area (Å²) < 4.78 is 0.592. The van der Waals surface area contributed by atoms with Crippen molar-refractivity contribution in [3.63, 3.8) is 0 Å². The van der Waals surface area contributed by atoms with E-state index < -0.39 is 17.2 Å². The number of thioether (sulfide) groups is 1. The van der Waals surface area contributed by atoms with Crippen LogP contribution >= 0.6 is 23.1 Å². The van der Waals surface area contributed by atoms with Crippen LogP contribution in [0.3, 0.4) is 0 Å². The van der Waals surface area contributed by atoms with Gasteiger partial charge in [0.2, 0.25) is 16.9 Å². The fourth-order valence-corrected chi connectivity index (χ4v) is 3.87. The highest BCUT2D eigenvalue weighted by atomic mass is 32.2. The molecule has 8 nitrogen and oxygen atoms in total. The average Bonchev–Trinajstić information content (AvgIpc) is 3.26. The minimum Gasteiger partial charge on any atom is -0.341 e. The number of carbonyl (C=O) groups excluding carboxylic acids is 3. The molecule has 0 radical (unpaired) electrons. The number of urea groups is 1. The largest absolute Gasteiger partial charge is 0.341 e. The molecule has 0 saturated heterocycles. The fraction of sp³-hybridized carbons (Fsp3) is 0.615. The molecule has 0 bridgehead atoms. The summed E-state index contributed by atoms with van der Waals surface area (Å²) in [5.41, 5.74) is 0. The van der Waals surface area contributed by atoms with E-state index >= 15 is 0 Å². The third-order valence-corrected chi connectivity index (χ3v) is 5.30. The van der Waals surface area contributed by atoms with Gasteiger partial charge in [-0.25, -0.2) is 4.79 Å². The Kier molecular flexibility index (Phi) is 5.94. The Hall–Kier alpha value is -1.68. The van der Waals surface area contributed by atoms with Crippen molar-refractivity contribution in [2.45, 2.75) is 48.7 Å². The molecule has 1 aliphatic rings. The number of carbonyl (C=O) groups is 3. The Morgan fingerprint density at radius 2 is 2.09 bits per heavy atom. The zero-order valence-electron chi connectivity index (χ0n) is 13.2. The van der Waals surface area contributed by atoms with Gasteiger partial charge in [-0.15, -0.1) is 10.2 Å². The minimum atomic E-state index is -0.547. The highest BCUT2D eigenvalue weighted by Gasteiger charge is 2.35. The highest BCUT2D eigenvalue weighted by molar-refractivity contribution is 8.02. The predicted molar refractivity (Wildman–Crippen MR) is 88.6 cm³/mol. The lowest BCUT2D eigenvalue weighted by molar-refractivity contribution is -0.119. The average molecular weight is 357 g/mol. The summed E-state index contributed by atoms with van der Waals surface area (Å²) in [4.78, 5) is 36.7. The van der Waals surface area contributed by atoms with Crippen molar-refractivity contribution in [1.82, 2.24) is 20.8 Å². The number of nitrogens with one attached hydrogen (secondary N) is 2. The van der Waals surface area contributed by atoms with Crippen molar-refractivity contribution in [3.05, 3.63) is 0 Å². The second kappa shape index (κ2) is 7.73. The lowest BCUT2D eigenvalue weighted by atomic mass is 10.4. The molecule has 1 fully saturated rings. The molecule has 1 heterocycles. The van der Waals surface area contributed by atoms with Gasteiger partial charge in [0.25, 0.3) is 0 Å². The summed E-state index contributed by atoms with van der Waals surface area (Å²) in [6, 6.07) is -0.323. The van der Waals surface area contributed by atoms with Crippen molar-refractivity contribution >= 4 is 46.1 Å². The van der Waals surface area contributed by atoms with Gasteiger partial charge >= 0.3 is 6.03 Å². The Morgan fingerprint density at radius 3 is 2.65 bits per heavy atom. The second-order valence-electron chi connectivity index (χ2n) is 5.03. The molecular weight excluding hydrogens is 338 g/mol. The number of amides is 4. The Bertz CT molecular complexity index is 602. The predicted octanol–water partition coefficient (Wildman–Crippen LogP) is 1.38. The number of rotatable bonds is 6. The summed E-state index contributed by atoms with van der Waals surface area (Å²) >= 11 is 2.50. The maximum Gasteiger partial charge on any atom is 0.321 e. The van der Waals surface area contributed by atoms with Crippen LogP contribution in [-0.2, 0) is 9.59 Å². The fourth-order valence-electron chi connectivity index (χ4n) is 1.80. The van der Waals surface area contributed by atoms with Gasteiger partial charge in [0.1, 0.15) is 0 Å². The molecule has 1 saturated carbocycles. The van der Waals surface area contributed by atoms with Crippen molar-refractivity contribution in [2.75, 3.05) is 11.9 Å². The van der Waals surface area contributed by atoms with Gasteiger partial charge < -0.3 is 5.32 Å². The van der Waals surface area contributed by atoms with Gasteiger partial charge in [-0.05, 0) is 19.8 Å². The van der Waals surface area contributed by atoms with Gasteiger partial charge in [-0.3, -0.25) is 19.8 Å². The molecule has 0 spiro atoms. The first-order valence-corrected chi connectivity index (χ1v) is 9.00. The van der Waals surface area contributed by atoms with Gasteiger partial charge in [0.15, 0.2) is 4.34 Å². The lowest BCUT2D eigenvalue weighted by Gasteiger charge is -2.17. The number of nitrogens with zero attached hydrogens (tertiary/aromatic N) is 3. The van der Waals surface area contributed by atoms with Crippen LogP contribution in [-0.4, -0.2) is 46.4 Å². The van der Waals surface area contributed by atoms with Crippen molar-refractivity contribution in [3.8, 4) is 0 Å². The third-order valence-electron chi connectivity index (χ3n) is 3.20. The van der Waals surface area contributed by atoms with Crippen LogP contribution in [0.25, 0.3) is 0 Å². The highest BCUT2D eigenvalue weighted by Crippen LogP contribution is 2.37. The molecule has 0 aromatic carbocycles. The monoisotopic (exact) mass is 357 g/mol. The minimum absolute atomic E-state index is 0.0330. The molecule has 126 valence electrons. The van der Waals surface area contributed by atoms with E-state index in [1.165, 1.54) is 30.1 Å². The lowest BCUT2D eigenvalue weighted by Crippen LogP contribution is -2.41. The quantitative estimate of drug-likeness (QED) is 0.589. The number of imide groups is 1. The van der Waals surface area contributed by atoms with Gasteiger partial charge in [-0.1, -0.05) is 30.0 Å². The zero-order valence-corrected chi connectivity index (χ0v) is 14.8. The van der Waals surface area contributed by atoms with E-state index in [2.05, 4.69) is 20.8 Å². The first-order chi connectivity index (χ1) is 11.0. The Morgan fingerprint density at radius 1 is 1.39 bits per heavy atom. The van der Waals surface area contributed by atoms with E-state index in [4.69, 9.17) is 0 Å². The summed E-state index contributed by atoms with van der Waals surface area (Å²) in [6.07, 6.45) is 2.39.